The molecule has 3 N–H and O–H groups in total. The van der Waals surface area contributed by atoms with E-state index in [1.165, 1.54) is 0 Å². The molecular formula is C24H30O5. The molecule has 29 heavy (non-hydrogen) atoms. The molecule has 0 unspecified atom stereocenters. The summed E-state index contributed by atoms with van der Waals surface area (Å²) in [5, 5.41) is 29.9. The number of para-hydroxylation sites is 1. The summed E-state index contributed by atoms with van der Waals surface area (Å²) in [5.74, 6) is 5.87. The fourth-order valence-electron chi connectivity index (χ4n) is 4.41. The Kier molecular flexibility index (Phi) is 7.00. The Hall–Kier alpha value is -2.29. The molecule has 5 nitrogen and oxygen atoms in total. The van der Waals surface area contributed by atoms with E-state index in [1.54, 1.807) is 13.0 Å². The van der Waals surface area contributed by atoms with Gasteiger partial charge in [-0.2, -0.15) is 0 Å². The summed E-state index contributed by atoms with van der Waals surface area (Å²) in [6.45, 7) is 3.75. The topological polar surface area (TPSA) is 87.0 Å². The van der Waals surface area contributed by atoms with Gasteiger partial charge < -0.3 is 20.1 Å². The number of hydrogen-bond donors (Lipinski definition) is 3. The number of carboxylic acid groups (broad SMARTS) is 1. The van der Waals surface area contributed by atoms with E-state index in [9.17, 15) is 15.0 Å². The summed E-state index contributed by atoms with van der Waals surface area (Å²) in [6.07, 6.45) is 5.07. The minimum atomic E-state index is -0.790. The van der Waals surface area contributed by atoms with E-state index >= 15 is 0 Å². The Bertz CT molecular complexity index is 818. The lowest BCUT2D eigenvalue weighted by atomic mass is 9.86. The Labute approximate surface area is 172 Å². The molecule has 5 heteroatoms. The Morgan fingerprint density at radius 1 is 1.41 bits per heavy atom. The summed E-state index contributed by atoms with van der Waals surface area (Å²) < 4.78 is 6.21. The number of carbonyl (C=O) groups is 1. The Morgan fingerprint density at radius 3 is 2.93 bits per heavy atom. The minimum absolute atomic E-state index is 0.0287. The van der Waals surface area contributed by atoms with Gasteiger partial charge in [-0.15, -0.1) is 11.8 Å². The van der Waals surface area contributed by atoms with Crippen LogP contribution in [-0.4, -0.2) is 39.6 Å². The van der Waals surface area contributed by atoms with Crippen LogP contribution in [0.3, 0.4) is 0 Å². The van der Waals surface area contributed by atoms with E-state index in [-0.39, 0.29) is 30.3 Å². The number of hydrogen-bond acceptors (Lipinski definition) is 4. The number of benzene rings is 1. The van der Waals surface area contributed by atoms with Crippen LogP contribution >= 0.6 is 0 Å². The first-order chi connectivity index (χ1) is 13.9. The van der Waals surface area contributed by atoms with E-state index in [0.717, 1.165) is 16.9 Å². The van der Waals surface area contributed by atoms with Crippen molar-refractivity contribution in [2.75, 3.05) is 0 Å². The highest BCUT2D eigenvalue weighted by molar-refractivity contribution is 5.66. The second-order valence-electron chi connectivity index (χ2n) is 8.13. The predicted octanol–water partition coefficient (Wildman–Crippen LogP) is 3.29. The van der Waals surface area contributed by atoms with Crippen LogP contribution < -0.4 is 4.74 Å². The number of aliphatic hydroxyl groups excluding tert-OH is 2. The van der Waals surface area contributed by atoms with Crippen LogP contribution in [0.2, 0.25) is 0 Å². The highest BCUT2D eigenvalue weighted by Gasteiger charge is 2.48. The number of aliphatic hydroxyl groups is 2. The second kappa shape index (κ2) is 9.47. The molecule has 1 aliphatic carbocycles. The van der Waals surface area contributed by atoms with Crippen molar-refractivity contribution in [2.24, 2.45) is 11.8 Å². The van der Waals surface area contributed by atoms with Gasteiger partial charge in [-0.05, 0) is 31.2 Å². The summed E-state index contributed by atoms with van der Waals surface area (Å²) in [5.41, 5.74) is 2.11. The molecule has 0 bridgehead atoms. The molecule has 0 saturated heterocycles. The first kappa shape index (κ1) is 21.4. The summed E-state index contributed by atoms with van der Waals surface area (Å²) in [7, 11) is 0. The van der Waals surface area contributed by atoms with Crippen LogP contribution in [0.1, 0.15) is 56.6 Å². The van der Waals surface area contributed by atoms with E-state index in [1.807, 2.05) is 31.2 Å². The maximum Gasteiger partial charge on any atom is 0.303 e. The first-order valence-electron chi connectivity index (χ1n) is 10.4. The van der Waals surface area contributed by atoms with Gasteiger partial charge in [-0.25, -0.2) is 0 Å². The maximum absolute atomic E-state index is 10.8. The minimum Gasteiger partial charge on any atom is -0.489 e. The van der Waals surface area contributed by atoms with Gasteiger partial charge >= 0.3 is 5.97 Å². The van der Waals surface area contributed by atoms with Crippen LogP contribution in [0, 0.1) is 23.7 Å². The van der Waals surface area contributed by atoms with E-state index in [0.29, 0.717) is 25.7 Å². The zero-order valence-electron chi connectivity index (χ0n) is 17.0. The highest BCUT2D eigenvalue weighted by Crippen LogP contribution is 2.52. The molecule has 1 aromatic rings. The van der Waals surface area contributed by atoms with Crippen molar-refractivity contribution in [3.8, 4) is 17.6 Å². The lowest BCUT2D eigenvalue weighted by Crippen LogP contribution is -2.19. The second-order valence-corrected chi connectivity index (χ2v) is 8.13. The molecule has 1 heterocycles. The van der Waals surface area contributed by atoms with Crippen molar-refractivity contribution in [2.45, 2.75) is 70.2 Å². The fourth-order valence-corrected chi connectivity index (χ4v) is 4.41. The number of ether oxygens (including phenoxy) is 1. The number of rotatable bonds is 8. The summed E-state index contributed by atoms with van der Waals surface area (Å²) in [6, 6.07) is 6.01. The Balaban J connectivity index is 1.75. The predicted molar refractivity (Wildman–Crippen MR) is 111 cm³/mol. The average Bonchev–Trinajstić information content (AvgIpc) is 3.19. The molecule has 0 spiro atoms. The Morgan fingerprint density at radius 2 is 2.21 bits per heavy atom. The van der Waals surface area contributed by atoms with E-state index in [4.69, 9.17) is 9.84 Å². The largest absolute Gasteiger partial charge is 0.489 e. The van der Waals surface area contributed by atoms with E-state index < -0.39 is 18.2 Å². The van der Waals surface area contributed by atoms with Crippen LogP contribution in [0.15, 0.2) is 30.4 Å². The third-order valence-electron chi connectivity index (χ3n) is 6.04. The molecule has 6 atom stereocenters. The molecule has 0 amide bonds. The molecule has 1 aromatic carbocycles. The molecule has 0 aromatic heterocycles. The zero-order valence-corrected chi connectivity index (χ0v) is 17.0. The lowest BCUT2D eigenvalue weighted by Gasteiger charge is -2.19. The SMILES string of the molecule is CC#CC[C@H](C)[C@@H](O)/C=C/[C@H]1[C@@H]2c3cccc(CCCC(=O)O)c3O[C@@H]2C[C@@H]1O. The molecule has 0 radical (unpaired) electrons. The average molecular weight is 398 g/mol. The molecule has 1 aliphatic heterocycles. The molecule has 2 aliphatic rings. The number of carboxylic acids is 1. The summed E-state index contributed by atoms with van der Waals surface area (Å²) >= 11 is 0. The van der Waals surface area contributed by atoms with Gasteiger partial charge in [0.15, 0.2) is 0 Å². The van der Waals surface area contributed by atoms with Gasteiger partial charge in [0.2, 0.25) is 0 Å². The van der Waals surface area contributed by atoms with Gasteiger partial charge in [0.25, 0.3) is 0 Å². The monoisotopic (exact) mass is 398 g/mol. The van der Waals surface area contributed by atoms with Crippen LogP contribution in [-0.2, 0) is 11.2 Å². The quantitative estimate of drug-likeness (QED) is 0.462. The molecule has 1 saturated carbocycles. The lowest BCUT2D eigenvalue weighted by molar-refractivity contribution is -0.137. The number of aliphatic carboxylic acids is 1. The normalized spacial score (nSPS) is 26.9. The van der Waals surface area contributed by atoms with Crippen LogP contribution in [0.4, 0.5) is 0 Å². The van der Waals surface area contributed by atoms with Gasteiger partial charge in [0.1, 0.15) is 11.9 Å². The number of fused-ring (bicyclic) bond motifs is 3. The molecule has 1 fully saturated rings. The third-order valence-corrected chi connectivity index (χ3v) is 6.04. The van der Waals surface area contributed by atoms with Gasteiger partial charge in [0, 0.05) is 36.7 Å². The maximum atomic E-state index is 10.8. The molecule has 156 valence electrons. The number of aryl methyl sites for hydroxylation is 1. The van der Waals surface area contributed by atoms with Crippen molar-refractivity contribution in [1.82, 2.24) is 0 Å². The van der Waals surface area contributed by atoms with Crippen molar-refractivity contribution in [3.63, 3.8) is 0 Å². The molecule has 3 rings (SSSR count). The van der Waals surface area contributed by atoms with Crippen molar-refractivity contribution in [3.05, 3.63) is 41.5 Å². The third kappa shape index (κ3) is 4.83. The van der Waals surface area contributed by atoms with Crippen molar-refractivity contribution < 1.29 is 24.9 Å². The smallest absolute Gasteiger partial charge is 0.303 e. The van der Waals surface area contributed by atoms with Crippen molar-refractivity contribution in [1.29, 1.82) is 0 Å². The van der Waals surface area contributed by atoms with E-state index in [2.05, 4.69) is 11.8 Å². The van der Waals surface area contributed by atoms with Crippen LogP contribution in [0.5, 0.6) is 5.75 Å². The summed E-state index contributed by atoms with van der Waals surface area (Å²) in [4.78, 5) is 10.8. The zero-order chi connectivity index (χ0) is 21.0. The van der Waals surface area contributed by atoms with Crippen LogP contribution in [0.25, 0.3) is 0 Å². The fraction of sp³-hybridized carbons (Fsp3) is 0.542. The highest BCUT2D eigenvalue weighted by atomic mass is 16.5. The standard InChI is InChI=1S/C24H30O5/c1-3-4-7-15(2)19(25)13-12-17-20(26)14-21-23(17)18-10-5-8-16(24(18)29-21)9-6-11-22(27)28/h5,8,10,12-13,15,17,19-21,23,25-26H,6-7,9,11,14H2,1-2H3,(H,27,28)/b13-12+/t15-,17+,19-,20-,21+,23+/m0/s1. The van der Waals surface area contributed by atoms with Gasteiger partial charge in [0.05, 0.1) is 12.2 Å². The first-order valence-corrected chi connectivity index (χ1v) is 10.4. The van der Waals surface area contributed by atoms with Crippen molar-refractivity contribution >= 4 is 5.97 Å². The molecular weight excluding hydrogens is 368 g/mol. The van der Waals surface area contributed by atoms with Gasteiger partial charge in [-0.3, -0.25) is 4.79 Å². The van der Waals surface area contributed by atoms with Gasteiger partial charge in [-0.1, -0.05) is 37.3 Å².